The largest absolute Gasteiger partial charge is 0.379 e. The van der Waals surface area contributed by atoms with Gasteiger partial charge in [-0.25, -0.2) is 0 Å². The number of hydrogen-bond acceptors (Lipinski definition) is 3. The summed E-state index contributed by atoms with van der Waals surface area (Å²) >= 11 is 0. The SMILES string of the molecule is CCC(N)C(=O)NC1CCCOC1. The van der Waals surface area contributed by atoms with Gasteiger partial charge in [-0.3, -0.25) is 4.79 Å². The lowest BCUT2D eigenvalue weighted by atomic mass is 10.1. The summed E-state index contributed by atoms with van der Waals surface area (Å²) in [4.78, 5) is 11.4. The van der Waals surface area contributed by atoms with Crippen LogP contribution in [0.4, 0.5) is 0 Å². The molecule has 0 aromatic carbocycles. The van der Waals surface area contributed by atoms with Crippen molar-refractivity contribution in [2.24, 2.45) is 5.73 Å². The number of hydrogen-bond donors (Lipinski definition) is 2. The van der Waals surface area contributed by atoms with Gasteiger partial charge in [0.2, 0.25) is 5.91 Å². The Balaban J connectivity index is 2.26. The summed E-state index contributed by atoms with van der Waals surface area (Å²) in [5.41, 5.74) is 5.58. The molecule has 2 atom stereocenters. The zero-order chi connectivity index (χ0) is 9.68. The Labute approximate surface area is 78.8 Å². The average molecular weight is 186 g/mol. The fraction of sp³-hybridized carbons (Fsp3) is 0.889. The molecule has 1 saturated heterocycles. The fourth-order valence-corrected chi connectivity index (χ4v) is 1.35. The molecule has 1 aliphatic rings. The molecular formula is C9H18N2O2. The van der Waals surface area contributed by atoms with Crippen LogP contribution in [0.15, 0.2) is 0 Å². The lowest BCUT2D eigenvalue weighted by Gasteiger charge is -2.24. The van der Waals surface area contributed by atoms with Crippen molar-refractivity contribution in [2.75, 3.05) is 13.2 Å². The summed E-state index contributed by atoms with van der Waals surface area (Å²) in [5.74, 6) is -0.0574. The second-order valence-corrected chi connectivity index (χ2v) is 3.44. The Morgan fingerprint density at radius 2 is 2.54 bits per heavy atom. The average Bonchev–Trinajstić information content (AvgIpc) is 2.18. The second-order valence-electron chi connectivity index (χ2n) is 3.44. The van der Waals surface area contributed by atoms with Crippen molar-refractivity contribution in [1.82, 2.24) is 5.32 Å². The molecule has 0 saturated carbocycles. The molecule has 4 heteroatoms. The first-order valence-corrected chi connectivity index (χ1v) is 4.87. The molecule has 13 heavy (non-hydrogen) atoms. The molecule has 1 amide bonds. The molecule has 76 valence electrons. The van der Waals surface area contributed by atoms with Gasteiger partial charge in [0.1, 0.15) is 0 Å². The Morgan fingerprint density at radius 3 is 3.08 bits per heavy atom. The predicted octanol–water partition coefficient (Wildman–Crippen LogP) is 0.0189. The molecule has 4 nitrogen and oxygen atoms in total. The summed E-state index contributed by atoms with van der Waals surface area (Å²) in [6.45, 7) is 3.34. The standard InChI is InChI=1S/C9H18N2O2/c1-2-8(10)9(12)11-7-4-3-5-13-6-7/h7-8H,2-6,10H2,1H3,(H,11,12). The number of nitrogens with one attached hydrogen (secondary N) is 1. The lowest BCUT2D eigenvalue weighted by molar-refractivity contribution is -0.124. The van der Waals surface area contributed by atoms with Gasteiger partial charge in [-0.15, -0.1) is 0 Å². The summed E-state index contributed by atoms with van der Waals surface area (Å²) in [5, 5.41) is 2.88. The molecule has 1 heterocycles. The highest BCUT2D eigenvalue weighted by Crippen LogP contribution is 2.05. The van der Waals surface area contributed by atoms with Crippen molar-refractivity contribution in [1.29, 1.82) is 0 Å². The van der Waals surface area contributed by atoms with E-state index < -0.39 is 0 Å². The molecule has 0 aliphatic carbocycles. The Hall–Kier alpha value is -0.610. The highest BCUT2D eigenvalue weighted by Gasteiger charge is 2.18. The minimum atomic E-state index is -0.373. The van der Waals surface area contributed by atoms with Gasteiger partial charge in [-0.2, -0.15) is 0 Å². The van der Waals surface area contributed by atoms with Crippen LogP contribution < -0.4 is 11.1 Å². The van der Waals surface area contributed by atoms with Gasteiger partial charge in [0.25, 0.3) is 0 Å². The minimum absolute atomic E-state index is 0.0574. The van der Waals surface area contributed by atoms with Crippen molar-refractivity contribution >= 4 is 5.91 Å². The van der Waals surface area contributed by atoms with Crippen molar-refractivity contribution < 1.29 is 9.53 Å². The number of nitrogens with two attached hydrogens (primary N) is 1. The van der Waals surface area contributed by atoms with Crippen molar-refractivity contribution in [3.63, 3.8) is 0 Å². The predicted molar refractivity (Wildman–Crippen MR) is 50.3 cm³/mol. The van der Waals surface area contributed by atoms with E-state index >= 15 is 0 Å². The van der Waals surface area contributed by atoms with E-state index in [1.54, 1.807) is 0 Å². The smallest absolute Gasteiger partial charge is 0.237 e. The molecule has 0 aromatic rings. The maximum atomic E-state index is 11.4. The zero-order valence-corrected chi connectivity index (χ0v) is 8.08. The van der Waals surface area contributed by atoms with Crippen LogP contribution in [0.25, 0.3) is 0 Å². The Bertz CT molecular complexity index is 167. The topological polar surface area (TPSA) is 64.4 Å². The number of rotatable bonds is 3. The third-order valence-corrected chi connectivity index (χ3v) is 2.28. The molecule has 1 aliphatic heterocycles. The lowest BCUT2D eigenvalue weighted by Crippen LogP contribution is -2.47. The van der Waals surface area contributed by atoms with Gasteiger partial charge in [-0.1, -0.05) is 6.92 Å². The van der Waals surface area contributed by atoms with Crippen LogP contribution in [0.2, 0.25) is 0 Å². The molecule has 1 rings (SSSR count). The van der Waals surface area contributed by atoms with E-state index in [0.717, 1.165) is 19.4 Å². The Morgan fingerprint density at radius 1 is 1.77 bits per heavy atom. The molecule has 0 bridgehead atoms. The number of ether oxygens (including phenoxy) is 1. The fourth-order valence-electron chi connectivity index (χ4n) is 1.35. The number of carbonyl (C=O) groups excluding carboxylic acids is 1. The van der Waals surface area contributed by atoms with Crippen LogP contribution in [0.1, 0.15) is 26.2 Å². The van der Waals surface area contributed by atoms with Crippen molar-refractivity contribution in [3.05, 3.63) is 0 Å². The molecule has 0 radical (unpaired) electrons. The van der Waals surface area contributed by atoms with Crippen LogP contribution in [-0.4, -0.2) is 31.2 Å². The van der Waals surface area contributed by atoms with Gasteiger partial charge in [-0.05, 0) is 19.3 Å². The van der Waals surface area contributed by atoms with Gasteiger partial charge in [0.05, 0.1) is 18.7 Å². The molecular weight excluding hydrogens is 168 g/mol. The van der Waals surface area contributed by atoms with E-state index in [2.05, 4.69) is 5.32 Å². The number of carbonyl (C=O) groups is 1. The third-order valence-electron chi connectivity index (χ3n) is 2.28. The van der Waals surface area contributed by atoms with Crippen LogP contribution in [0.5, 0.6) is 0 Å². The summed E-state index contributed by atoms with van der Waals surface area (Å²) < 4.78 is 5.24. The van der Waals surface area contributed by atoms with E-state index in [1.165, 1.54) is 0 Å². The van der Waals surface area contributed by atoms with Crippen LogP contribution in [-0.2, 0) is 9.53 Å². The van der Waals surface area contributed by atoms with Crippen molar-refractivity contribution in [3.8, 4) is 0 Å². The monoisotopic (exact) mass is 186 g/mol. The third kappa shape index (κ3) is 3.32. The first kappa shape index (κ1) is 10.5. The summed E-state index contributed by atoms with van der Waals surface area (Å²) in [7, 11) is 0. The van der Waals surface area contributed by atoms with E-state index in [0.29, 0.717) is 13.0 Å². The second kappa shape index (κ2) is 5.19. The molecule has 3 N–H and O–H groups in total. The van der Waals surface area contributed by atoms with Gasteiger partial charge < -0.3 is 15.8 Å². The maximum Gasteiger partial charge on any atom is 0.237 e. The zero-order valence-electron chi connectivity index (χ0n) is 8.08. The highest BCUT2D eigenvalue weighted by atomic mass is 16.5. The molecule has 0 spiro atoms. The maximum absolute atomic E-state index is 11.4. The molecule has 0 aromatic heterocycles. The van der Waals surface area contributed by atoms with Gasteiger partial charge in [0.15, 0.2) is 0 Å². The van der Waals surface area contributed by atoms with Crippen LogP contribution >= 0.6 is 0 Å². The quantitative estimate of drug-likeness (QED) is 0.653. The first-order valence-electron chi connectivity index (χ1n) is 4.87. The molecule has 1 fully saturated rings. The van der Waals surface area contributed by atoms with Crippen molar-refractivity contribution in [2.45, 2.75) is 38.3 Å². The number of amides is 1. The molecule has 2 unspecified atom stereocenters. The summed E-state index contributed by atoms with van der Waals surface area (Å²) in [6.07, 6.45) is 2.70. The minimum Gasteiger partial charge on any atom is -0.379 e. The van der Waals surface area contributed by atoms with Gasteiger partial charge >= 0.3 is 0 Å². The Kier molecular flexibility index (Phi) is 4.18. The van der Waals surface area contributed by atoms with Gasteiger partial charge in [0, 0.05) is 6.61 Å². The van der Waals surface area contributed by atoms with Crippen LogP contribution in [0.3, 0.4) is 0 Å². The normalized spacial score (nSPS) is 25.2. The van der Waals surface area contributed by atoms with E-state index in [-0.39, 0.29) is 18.0 Å². The van der Waals surface area contributed by atoms with E-state index in [9.17, 15) is 4.79 Å². The highest BCUT2D eigenvalue weighted by molar-refractivity contribution is 5.81. The summed E-state index contributed by atoms with van der Waals surface area (Å²) in [6, 6.07) is -0.208. The first-order chi connectivity index (χ1) is 6.24. The van der Waals surface area contributed by atoms with Crippen LogP contribution in [0, 0.1) is 0 Å². The van der Waals surface area contributed by atoms with E-state index in [1.807, 2.05) is 6.92 Å². The van der Waals surface area contributed by atoms with E-state index in [4.69, 9.17) is 10.5 Å².